The number of ether oxygens (including phenoxy) is 6. The molecule has 0 aliphatic carbocycles. The fraction of sp³-hybridized carbons (Fsp3) is 0.182. The van der Waals surface area contributed by atoms with E-state index in [9.17, 15) is 50.4 Å². The third-order valence-corrected chi connectivity index (χ3v) is 14.3. The molecular weight excluding hydrogens is 1560 g/mol. The molecule has 3 saturated heterocycles. The molecule has 3 aliphatic rings. The van der Waals surface area contributed by atoms with Gasteiger partial charge in [-0.15, -0.1) is 0 Å². The number of pyridine rings is 8. The Labute approximate surface area is 614 Å². The summed E-state index contributed by atoms with van der Waals surface area (Å²) in [5, 5.41) is 12.8. The summed E-state index contributed by atoms with van der Waals surface area (Å²) in [6, 6.07) is 48.6. The van der Waals surface area contributed by atoms with Crippen molar-refractivity contribution in [3.05, 3.63) is 218 Å². The first-order chi connectivity index (χ1) is 47.5. The van der Waals surface area contributed by atoms with Gasteiger partial charge in [0.15, 0.2) is 0 Å². The van der Waals surface area contributed by atoms with Crippen LogP contribution in [0.3, 0.4) is 0 Å². The van der Waals surface area contributed by atoms with Gasteiger partial charge in [-0.3, -0.25) is 49.8 Å². The van der Waals surface area contributed by atoms with Gasteiger partial charge in [0.05, 0.1) is 123 Å². The summed E-state index contributed by atoms with van der Waals surface area (Å²) in [7, 11) is -21.3. The minimum Gasteiger partial charge on any atom is -0.408 e. The molecule has 548 valence electrons. The van der Waals surface area contributed by atoms with E-state index in [0.29, 0.717) is 0 Å². The Kier molecular flexibility index (Phi) is 33.0. The van der Waals surface area contributed by atoms with Crippen molar-refractivity contribution in [2.24, 2.45) is 0 Å². The Balaban J connectivity index is 0.000000206. The van der Waals surface area contributed by atoms with Gasteiger partial charge in [0.1, 0.15) is 0 Å². The Bertz CT molecular complexity index is 3990. The van der Waals surface area contributed by atoms with Crippen LogP contribution in [0.15, 0.2) is 227 Å². The second-order valence-electron chi connectivity index (χ2n) is 20.1. The van der Waals surface area contributed by atoms with Crippen LogP contribution in [0, 0.1) is 0 Å². The fourth-order valence-corrected chi connectivity index (χ4v) is 9.63. The molecule has 0 spiro atoms. The molecule has 0 radical (unpaired) electrons. The summed E-state index contributed by atoms with van der Waals surface area (Å²) < 4.78 is 149. The van der Waals surface area contributed by atoms with Crippen molar-refractivity contribution >= 4 is 151 Å². The molecular formula is C66H60F12N10Ni2O6P2S4. The molecule has 14 aromatic rings. The van der Waals surface area contributed by atoms with Crippen molar-refractivity contribution in [2.45, 2.75) is 8.68 Å². The minimum atomic E-state index is -10.7. The van der Waals surface area contributed by atoms with Crippen LogP contribution < -0.4 is 0 Å². The van der Waals surface area contributed by atoms with Crippen molar-refractivity contribution < 1.29 is 112 Å². The van der Waals surface area contributed by atoms with E-state index in [1.54, 1.807) is 62.0 Å². The molecule has 3 aliphatic heterocycles. The van der Waals surface area contributed by atoms with E-state index in [1.807, 2.05) is 59.3 Å². The Hall–Kier alpha value is -7.37. The maximum Gasteiger partial charge on any atom is 2.00 e. The van der Waals surface area contributed by atoms with E-state index in [0.717, 1.165) is 175 Å². The van der Waals surface area contributed by atoms with Crippen molar-refractivity contribution in [3.63, 3.8) is 0 Å². The van der Waals surface area contributed by atoms with Gasteiger partial charge in [0.25, 0.3) is 0 Å². The van der Waals surface area contributed by atoms with E-state index in [1.165, 1.54) is 22.7 Å². The summed E-state index contributed by atoms with van der Waals surface area (Å²) in [6.07, 6.45) is 17.8. The number of hydrogen-bond acceptors (Lipinski definition) is 20. The Morgan fingerprint density at radius 3 is 0.461 bits per heavy atom. The number of thiazole rings is 2. The van der Waals surface area contributed by atoms with Crippen LogP contribution in [0.5, 0.6) is 0 Å². The van der Waals surface area contributed by atoms with Crippen LogP contribution in [0.1, 0.15) is 0 Å². The normalized spacial score (nSPS) is 14.4. The van der Waals surface area contributed by atoms with Crippen molar-refractivity contribution in [1.82, 2.24) is 49.8 Å². The van der Waals surface area contributed by atoms with Crippen molar-refractivity contribution in [1.29, 1.82) is 0 Å². The first kappa shape index (κ1) is 85.3. The maximum absolute atomic E-state index is 10.7. The molecule has 0 bridgehead atoms. The zero-order valence-electron chi connectivity index (χ0n) is 52.9. The molecule has 4 aromatic carbocycles. The molecule has 0 saturated carbocycles. The molecule has 3 fully saturated rings. The second-order valence-corrected chi connectivity index (χ2v) is 27.0. The SMILES string of the molecule is C1COCCO1.C1COCCO1.C1COCCO1.F[P-](F)(F)(F)(F)F.F[P-](F)(F)(F)(F)F.[Ni+2].[Ni+2].[S-]c1nccs1.[S-]c1nccs1.c1cnc2c(c1)ccc1cccnc12.c1cnc2c(c1)ccc1cccnc12.c1cnc2c(c1)ccc1cccnc12.c1cnc2c(c1)ccc1cccnc12. The third-order valence-electron chi connectivity index (χ3n) is 12.4. The van der Waals surface area contributed by atoms with E-state index in [4.69, 9.17) is 28.4 Å². The van der Waals surface area contributed by atoms with Crippen molar-refractivity contribution in [2.75, 3.05) is 79.3 Å². The largest absolute Gasteiger partial charge is 2.00 e. The average Bonchev–Trinajstić information content (AvgIpc) is 0.894. The van der Waals surface area contributed by atoms with Gasteiger partial charge >= 0.3 is 99.0 Å². The van der Waals surface area contributed by atoms with E-state index in [-0.39, 0.29) is 33.0 Å². The summed E-state index contributed by atoms with van der Waals surface area (Å²) in [5.41, 5.74) is 7.82. The van der Waals surface area contributed by atoms with Gasteiger partial charge in [0, 0.05) is 105 Å². The molecule has 102 heavy (non-hydrogen) atoms. The molecule has 16 nitrogen and oxygen atoms in total. The molecule has 0 unspecified atom stereocenters. The fourth-order valence-electron chi connectivity index (χ4n) is 8.46. The molecule has 13 heterocycles. The first-order valence-corrected chi connectivity index (χ1v) is 36.2. The molecule has 17 rings (SSSR count). The second kappa shape index (κ2) is 39.5. The van der Waals surface area contributed by atoms with E-state index >= 15 is 0 Å². The summed E-state index contributed by atoms with van der Waals surface area (Å²) in [6.45, 7) is 9.33. The molecule has 0 atom stereocenters. The Morgan fingerprint density at radius 2 is 0.373 bits per heavy atom. The number of rotatable bonds is 0. The molecule has 0 N–H and O–H groups in total. The standard InChI is InChI=1S/4C12H8N2.3C4H8O2.2C3H3NS2.2F6P.2Ni/c4*1-3-9-5-6-10-4-2-8-14-12(10)11(9)13-7-1;3*1-2-6-4-3-5-1;2*5-3-4-1-2-6-3;2*1-7(2,3,4,5)6;;/h4*1-8H;3*1-4H2;2*1-2H,(H,4,5);;;;/q;;;;;;;;;2*-1;2*+2/p-2. The maximum atomic E-state index is 9.87. The average molecular weight is 1620 g/mol. The smallest absolute Gasteiger partial charge is 0.408 e. The van der Waals surface area contributed by atoms with Gasteiger partial charge in [-0.2, -0.15) is 0 Å². The van der Waals surface area contributed by atoms with E-state index < -0.39 is 15.6 Å². The number of aromatic nitrogens is 10. The van der Waals surface area contributed by atoms with Gasteiger partial charge in [0.2, 0.25) is 0 Å². The quantitative estimate of drug-likeness (QED) is 0.0459. The van der Waals surface area contributed by atoms with Crippen LogP contribution >= 0.6 is 38.3 Å². The third kappa shape index (κ3) is 35.2. The van der Waals surface area contributed by atoms with Crippen molar-refractivity contribution in [3.8, 4) is 0 Å². The van der Waals surface area contributed by atoms with Gasteiger partial charge < -0.3 is 76.4 Å². The zero-order chi connectivity index (χ0) is 71.9. The molecule has 36 heteroatoms. The van der Waals surface area contributed by atoms with Crippen LogP contribution in [0.2, 0.25) is 0 Å². The molecule has 0 amide bonds. The number of nitrogens with zero attached hydrogens (tertiary/aromatic N) is 10. The zero-order valence-corrected chi connectivity index (χ0v) is 59.9. The topological polar surface area (TPSA) is 184 Å². The van der Waals surface area contributed by atoms with Crippen LogP contribution in [0.4, 0.5) is 50.4 Å². The molecule has 10 aromatic heterocycles. The van der Waals surface area contributed by atoms with Gasteiger partial charge in [-0.25, -0.2) is 0 Å². The van der Waals surface area contributed by atoms with Gasteiger partial charge in [-0.1, -0.05) is 108 Å². The van der Waals surface area contributed by atoms with Crippen LogP contribution in [0.25, 0.3) is 87.2 Å². The number of halogens is 12. The Morgan fingerprint density at radius 1 is 0.235 bits per heavy atom. The van der Waals surface area contributed by atoms with Gasteiger partial charge in [-0.05, 0) is 57.2 Å². The summed E-state index contributed by atoms with van der Waals surface area (Å²) in [4.78, 5) is 42.3. The predicted molar refractivity (Wildman–Crippen MR) is 376 cm³/mol. The predicted octanol–water partition coefficient (Wildman–Crippen LogP) is 20.1. The van der Waals surface area contributed by atoms with Crippen LogP contribution in [-0.2, 0) is 86.7 Å². The number of benzene rings is 4. The monoisotopic (exact) mass is 1620 g/mol. The first-order valence-electron chi connectivity index (χ1n) is 29.6. The van der Waals surface area contributed by atoms with E-state index in [2.05, 4.69) is 172 Å². The number of fused-ring (bicyclic) bond motifs is 12. The summed E-state index contributed by atoms with van der Waals surface area (Å²) in [5.74, 6) is 0. The van der Waals surface area contributed by atoms with Crippen LogP contribution in [-0.4, -0.2) is 129 Å². The summed E-state index contributed by atoms with van der Waals surface area (Å²) >= 11 is 12.3. The number of hydrogen-bond donors (Lipinski definition) is 0. The minimum absolute atomic E-state index is 0.